The van der Waals surface area contributed by atoms with Gasteiger partial charge in [0.2, 0.25) is 11.1 Å². The number of hydrogen-bond acceptors (Lipinski definition) is 6. The molecule has 3 heterocycles. The van der Waals surface area contributed by atoms with Crippen LogP contribution in [0.15, 0.2) is 5.16 Å². The van der Waals surface area contributed by atoms with Gasteiger partial charge in [0.05, 0.1) is 24.0 Å². The first-order valence-corrected chi connectivity index (χ1v) is 10.8. The predicted octanol–water partition coefficient (Wildman–Crippen LogP) is 3.30. The molecular formula is C20H28N6O2S. The summed E-state index contributed by atoms with van der Waals surface area (Å²) >= 11 is 1.27. The molecule has 9 heteroatoms. The minimum Gasteiger partial charge on any atom is -0.376 e. The van der Waals surface area contributed by atoms with Crippen LogP contribution in [0, 0.1) is 25.2 Å². The van der Waals surface area contributed by atoms with Crippen LogP contribution in [0.3, 0.4) is 0 Å². The van der Waals surface area contributed by atoms with Crippen molar-refractivity contribution in [3.8, 4) is 6.07 Å². The van der Waals surface area contributed by atoms with Crippen LogP contribution in [0.25, 0.3) is 0 Å². The molecule has 1 atom stereocenters. The normalized spacial score (nSPS) is 16.8. The number of rotatable bonds is 6. The van der Waals surface area contributed by atoms with E-state index in [1.54, 1.807) is 0 Å². The lowest BCUT2D eigenvalue weighted by Gasteiger charge is -2.16. The fraction of sp³-hybridized carbons (Fsp3) is 0.600. The minimum absolute atomic E-state index is 0.112. The van der Waals surface area contributed by atoms with E-state index in [2.05, 4.69) is 26.6 Å². The van der Waals surface area contributed by atoms with E-state index < -0.39 is 0 Å². The molecule has 2 aromatic heterocycles. The Morgan fingerprint density at radius 1 is 1.45 bits per heavy atom. The summed E-state index contributed by atoms with van der Waals surface area (Å²) in [7, 11) is 0. The van der Waals surface area contributed by atoms with Crippen LogP contribution in [0.1, 0.15) is 56.3 Å². The van der Waals surface area contributed by atoms with E-state index in [0.717, 1.165) is 36.5 Å². The highest BCUT2D eigenvalue weighted by molar-refractivity contribution is 7.99. The SMILES string of the molecule is Cc1c(C#N)c(NC(=O)CSc2n[nH]c(C(C)(C)C)n2)n(CC2CCCO2)c1C. The summed E-state index contributed by atoms with van der Waals surface area (Å²) in [6.45, 7) is 11.4. The molecule has 1 fully saturated rings. The van der Waals surface area contributed by atoms with Crippen LogP contribution in [0.2, 0.25) is 0 Å². The molecule has 1 amide bonds. The molecule has 0 spiro atoms. The molecule has 1 saturated heterocycles. The number of anilines is 1. The summed E-state index contributed by atoms with van der Waals surface area (Å²) in [5.41, 5.74) is 2.24. The van der Waals surface area contributed by atoms with Crippen molar-refractivity contribution in [3.05, 3.63) is 22.6 Å². The van der Waals surface area contributed by atoms with E-state index in [9.17, 15) is 10.1 Å². The molecule has 0 radical (unpaired) electrons. The number of ether oxygens (including phenoxy) is 1. The zero-order valence-corrected chi connectivity index (χ0v) is 18.4. The number of amides is 1. The quantitative estimate of drug-likeness (QED) is 0.700. The molecule has 1 unspecified atom stereocenters. The van der Waals surface area contributed by atoms with Gasteiger partial charge in [-0.1, -0.05) is 32.5 Å². The molecule has 156 valence electrons. The summed E-state index contributed by atoms with van der Waals surface area (Å²) in [6, 6.07) is 2.24. The van der Waals surface area contributed by atoms with Crippen molar-refractivity contribution in [1.82, 2.24) is 19.7 Å². The lowest BCUT2D eigenvalue weighted by atomic mass is 9.96. The number of nitrogens with zero attached hydrogens (tertiary/aromatic N) is 4. The number of nitriles is 1. The Labute approximate surface area is 175 Å². The van der Waals surface area contributed by atoms with E-state index in [1.165, 1.54) is 11.8 Å². The summed E-state index contributed by atoms with van der Waals surface area (Å²) in [5.74, 6) is 1.30. The second-order valence-corrected chi connectivity index (χ2v) is 9.29. The summed E-state index contributed by atoms with van der Waals surface area (Å²) in [6.07, 6.45) is 2.14. The molecule has 0 aromatic carbocycles. The van der Waals surface area contributed by atoms with Gasteiger partial charge >= 0.3 is 0 Å². The molecule has 2 N–H and O–H groups in total. The predicted molar refractivity (Wildman–Crippen MR) is 112 cm³/mol. The van der Waals surface area contributed by atoms with E-state index in [1.807, 2.05) is 39.2 Å². The third-order valence-electron chi connectivity index (χ3n) is 5.12. The number of H-pyrrole nitrogens is 1. The maximum Gasteiger partial charge on any atom is 0.235 e. The zero-order chi connectivity index (χ0) is 21.2. The van der Waals surface area contributed by atoms with Gasteiger partial charge in [0.15, 0.2) is 0 Å². The standard InChI is InChI=1S/C20H28N6O2S/c1-12-13(2)26(10-14-7-6-8-28-14)17(15(12)9-21)22-16(27)11-29-19-23-18(24-25-19)20(3,4)5/h14H,6-8,10-11H2,1-5H3,(H,22,27)(H,23,24,25). The van der Waals surface area contributed by atoms with Crippen molar-refractivity contribution in [2.45, 2.75) is 70.7 Å². The summed E-state index contributed by atoms with van der Waals surface area (Å²) in [5, 5.41) is 20.2. The lowest BCUT2D eigenvalue weighted by Crippen LogP contribution is -2.22. The van der Waals surface area contributed by atoms with Crippen LogP contribution >= 0.6 is 11.8 Å². The van der Waals surface area contributed by atoms with Gasteiger partial charge in [-0.25, -0.2) is 4.98 Å². The second-order valence-electron chi connectivity index (χ2n) is 8.34. The van der Waals surface area contributed by atoms with Crippen molar-refractivity contribution in [2.24, 2.45) is 0 Å². The molecule has 1 aliphatic heterocycles. The van der Waals surface area contributed by atoms with Crippen LogP contribution < -0.4 is 5.32 Å². The number of thioether (sulfide) groups is 1. The smallest absolute Gasteiger partial charge is 0.235 e. The van der Waals surface area contributed by atoms with E-state index in [-0.39, 0.29) is 23.2 Å². The number of nitrogens with one attached hydrogen (secondary N) is 2. The Kier molecular flexibility index (Phi) is 6.34. The number of aromatic nitrogens is 4. The molecule has 0 saturated carbocycles. The Morgan fingerprint density at radius 3 is 2.79 bits per heavy atom. The van der Waals surface area contributed by atoms with Gasteiger partial charge in [0, 0.05) is 17.7 Å². The van der Waals surface area contributed by atoms with Crippen LogP contribution in [-0.4, -0.2) is 44.1 Å². The molecule has 2 aromatic rings. The Bertz CT molecular complexity index is 928. The zero-order valence-electron chi connectivity index (χ0n) is 17.6. The Balaban J connectivity index is 1.71. The molecule has 29 heavy (non-hydrogen) atoms. The average molecular weight is 417 g/mol. The molecule has 3 rings (SSSR count). The van der Waals surface area contributed by atoms with Gasteiger partial charge in [-0.2, -0.15) is 5.26 Å². The largest absolute Gasteiger partial charge is 0.376 e. The summed E-state index contributed by atoms with van der Waals surface area (Å²) in [4.78, 5) is 17.1. The third kappa shape index (κ3) is 4.82. The van der Waals surface area contributed by atoms with Gasteiger partial charge in [-0.15, -0.1) is 5.10 Å². The first-order chi connectivity index (χ1) is 13.7. The Morgan fingerprint density at radius 2 is 2.21 bits per heavy atom. The van der Waals surface area contributed by atoms with E-state index in [4.69, 9.17) is 4.74 Å². The molecule has 0 bridgehead atoms. The van der Waals surface area contributed by atoms with Crippen LogP contribution in [0.4, 0.5) is 5.82 Å². The van der Waals surface area contributed by atoms with Crippen molar-refractivity contribution in [3.63, 3.8) is 0 Å². The Hall–Kier alpha value is -2.31. The van der Waals surface area contributed by atoms with E-state index in [0.29, 0.717) is 23.1 Å². The average Bonchev–Trinajstić information content (AvgIpc) is 3.38. The lowest BCUT2D eigenvalue weighted by molar-refractivity contribution is -0.113. The molecular weight excluding hydrogens is 388 g/mol. The third-order valence-corrected chi connectivity index (χ3v) is 5.96. The first kappa shape index (κ1) is 21.4. The fourth-order valence-corrected chi connectivity index (χ4v) is 3.89. The highest BCUT2D eigenvalue weighted by Crippen LogP contribution is 2.29. The van der Waals surface area contributed by atoms with Gasteiger partial charge in [0.1, 0.15) is 17.7 Å². The minimum atomic E-state index is -0.195. The van der Waals surface area contributed by atoms with Crippen molar-refractivity contribution < 1.29 is 9.53 Å². The molecule has 1 aliphatic rings. The van der Waals surface area contributed by atoms with Crippen molar-refractivity contribution in [1.29, 1.82) is 5.26 Å². The monoisotopic (exact) mass is 416 g/mol. The fourth-order valence-electron chi connectivity index (χ4n) is 3.30. The summed E-state index contributed by atoms with van der Waals surface area (Å²) < 4.78 is 7.75. The maximum atomic E-state index is 12.6. The van der Waals surface area contributed by atoms with E-state index >= 15 is 0 Å². The molecule has 8 nitrogen and oxygen atoms in total. The maximum absolute atomic E-state index is 12.6. The number of carbonyl (C=O) groups excluding carboxylic acids is 1. The highest BCUT2D eigenvalue weighted by atomic mass is 32.2. The molecule has 0 aliphatic carbocycles. The first-order valence-electron chi connectivity index (χ1n) is 9.77. The number of carbonyl (C=O) groups is 1. The highest BCUT2D eigenvalue weighted by Gasteiger charge is 2.24. The van der Waals surface area contributed by atoms with Gasteiger partial charge in [0.25, 0.3) is 0 Å². The second kappa shape index (κ2) is 8.59. The van der Waals surface area contributed by atoms with Crippen molar-refractivity contribution in [2.75, 3.05) is 17.7 Å². The van der Waals surface area contributed by atoms with Crippen LogP contribution in [0.5, 0.6) is 0 Å². The number of hydrogen-bond donors (Lipinski definition) is 2. The van der Waals surface area contributed by atoms with Gasteiger partial charge in [-0.05, 0) is 32.3 Å². The van der Waals surface area contributed by atoms with Gasteiger partial charge in [-0.3, -0.25) is 9.89 Å². The number of aromatic amines is 1. The topological polar surface area (TPSA) is 109 Å². The van der Waals surface area contributed by atoms with Crippen molar-refractivity contribution >= 4 is 23.5 Å². The van der Waals surface area contributed by atoms with Crippen LogP contribution in [-0.2, 0) is 21.5 Å². The van der Waals surface area contributed by atoms with Gasteiger partial charge < -0.3 is 14.6 Å².